The van der Waals surface area contributed by atoms with Crippen LogP contribution >= 0.6 is 11.3 Å². The Bertz CT molecular complexity index is 955. The fraction of sp³-hybridized carbons (Fsp3) is 0.0800. The Labute approximate surface area is 170 Å². The molecule has 0 radical (unpaired) electrons. The number of para-hydroxylation sites is 1. The maximum absolute atomic E-state index is 4.88. The molecular formula is C25H22N2S. The molecule has 0 unspecified atom stereocenters. The van der Waals surface area contributed by atoms with Crippen LogP contribution in [0.2, 0.25) is 0 Å². The van der Waals surface area contributed by atoms with Crippen molar-refractivity contribution < 1.29 is 0 Å². The van der Waals surface area contributed by atoms with Gasteiger partial charge in [0.2, 0.25) is 0 Å². The smallest absolute Gasteiger partial charge is 0.144 e. The number of hydrogen-bond acceptors (Lipinski definition) is 2. The quantitative estimate of drug-likeness (QED) is 0.309. The van der Waals surface area contributed by atoms with Gasteiger partial charge >= 0.3 is 0 Å². The average Bonchev–Trinajstić information content (AvgIpc) is 3.30. The van der Waals surface area contributed by atoms with Crippen molar-refractivity contribution in [3.63, 3.8) is 0 Å². The van der Waals surface area contributed by atoms with Crippen LogP contribution < -0.4 is 5.32 Å². The van der Waals surface area contributed by atoms with Crippen molar-refractivity contribution in [3.8, 4) is 0 Å². The lowest BCUT2D eigenvalue weighted by molar-refractivity contribution is 0.758. The molecule has 4 rings (SSSR count). The zero-order chi connectivity index (χ0) is 19.0. The van der Waals surface area contributed by atoms with Crippen LogP contribution in [0.4, 0.5) is 5.69 Å². The first-order valence-corrected chi connectivity index (χ1v) is 10.3. The van der Waals surface area contributed by atoms with Gasteiger partial charge in [0, 0.05) is 12.5 Å². The largest absolute Gasteiger partial charge is 0.368 e. The number of nitrogens with zero attached hydrogens (tertiary/aromatic N) is 1. The fourth-order valence-corrected chi connectivity index (χ4v) is 3.91. The SMILES string of the molecule is c1ccc(/N=C(\NCC(c2ccccc2)c2ccccc2)c2cccs2)cc1. The van der Waals surface area contributed by atoms with E-state index in [0.717, 1.165) is 22.9 Å². The maximum Gasteiger partial charge on any atom is 0.144 e. The molecule has 0 saturated carbocycles. The summed E-state index contributed by atoms with van der Waals surface area (Å²) >= 11 is 1.70. The number of amidine groups is 1. The summed E-state index contributed by atoms with van der Waals surface area (Å²) in [4.78, 5) is 6.02. The molecule has 0 bridgehead atoms. The van der Waals surface area contributed by atoms with Crippen LogP contribution in [-0.4, -0.2) is 12.4 Å². The van der Waals surface area contributed by atoms with Crippen molar-refractivity contribution in [3.05, 3.63) is 125 Å². The topological polar surface area (TPSA) is 24.4 Å². The predicted octanol–water partition coefficient (Wildman–Crippen LogP) is 6.25. The third kappa shape index (κ3) is 4.56. The van der Waals surface area contributed by atoms with Crippen LogP contribution in [0.5, 0.6) is 0 Å². The molecule has 4 aromatic rings. The van der Waals surface area contributed by atoms with E-state index in [-0.39, 0.29) is 5.92 Å². The van der Waals surface area contributed by atoms with E-state index in [4.69, 9.17) is 4.99 Å². The summed E-state index contributed by atoms with van der Waals surface area (Å²) in [6, 6.07) is 35.6. The van der Waals surface area contributed by atoms with Gasteiger partial charge in [-0.3, -0.25) is 0 Å². The van der Waals surface area contributed by atoms with Gasteiger partial charge in [0.05, 0.1) is 10.6 Å². The van der Waals surface area contributed by atoms with E-state index in [2.05, 4.69) is 83.5 Å². The first kappa shape index (κ1) is 18.2. The molecule has 0 aliphatic rings. The first-order valence-electron chi connectivity index (χ1n) is 9.41. The van der Waals surface area contributed by atoms with Gasteiger partial charge in [-0.2, -0.15) is 0 Å². The Balaban J connectivity index is 1.63. The summed E-state index contributed by atoms with van der Waals surface area (Å²) in [5, 5.41) is 5.71. The van der Waals surface area contributed by atoms with Gasteiger partial charge in [-0.25, -0.2) is 4.99 Å². The standard InChI is InChI=1S/C25H22N2S/c1-4-11-20(12-5-1)23(21-13-6-2-7-14-21)19-26-25(24-17-10-18-28-24)27-22-15-8-3-9-16-22/h1-18,23H,19H2,(H,26,27). The number of thiophene rings is 1. The second kappa shape index (κ2) is 9.16. The van der Waals surface area contributed by atoms with E-state index in [1.54, 1.807) is 11.3 Å². The van der Waals surface area contributed by atoms with Crippen LogP contribution in [0.25, 0.3) is 0 Å². The highest BCUT2D eigenvalue weighted by molar-refractivity contribution is 7.12. The van der Waals surface area contributed by atoms with E-state index in [0.29, 0.717) is 0 Å². The van der Waals surface area contributed by atoms with Gasteiger partial charge in [0.25, 0.3) is 0 Å². The highest BCUT2D eigenvalue weighted by atomic mass is 32.1. The van der Waals surface area contributed by atoms with E-state index in [1.807, 2.05) is 30.3 Å². The minimum atomic E-state index is 0.253. The zero-order valence-corrected chi connectivity index (χ0v) is 16.3. The van der Waals surface area contributed by atoms with E-state index < -0.39 is 0 Å². The van der Waals surface area contributed by atoms with Gasteiger partial charge in [0.1, 0.15) is 5.84 Å². The molecule has 138 valence electrons. The van der Waals surface area contributed by atoms with E-state index in [9.17, 15) is 0 Å². The Morgan fingerprint density at radius 2 is 1.29 bits per heavy atom. The average molecular weight is 383 g/mol. The van der Waals surface area contributed by atoms with Crippen molar-refractivity contribution in [1.29, 1.82) is 0 Å². The first-order chi connectivity index (χ1) is 13.9. The lowest BCUT2D eigenvalue weighted by Crippen LogP contribution is -2.29. The molecule has 2 nitrogen and oxygen atoms in total. The zero-order valence-electron chi connectivity index (χ0n) is 15.5. The van der Waals surface area contributed by atoms with Crippen molar-refractivity contribution in [2.45, 2.75) is 5.92 Å². The van der Waals surface area contributed by atoms with E-state index in [1.165, 1.54) is 11.1 Å². The van der Waals surface area contributed by atoms with Crippen LogP contribution in [0.15, 0.2) is 114 Å². The summed E-state index contributed by atoms with van der Waals surface area (Å²) < 4.78 is 0. The summed E-state index contributed by atoms with van der Waals surface area (Å²) in [6.45, 7) is 0.775. The summed E-state index contributed by atoms with van der Waals surface area (Å²) in [5.74, 6) is 1.17. The lowest BCUT2D eigenvalue weighted by atomic mass is 9.91. The third-order valence-corrected chi connectivity index (χ3v) is 5.51. The Morgan fingerprint density at radius 1 is 0.714 bits per heavy atom. The molecule has 0 aliphatic heterocycles. The van der Waals surface area contributed by atoms with Gasteiger partial charge in [-0.1, -0.05) is 84.9 Å². The summed E-state index contributed by atoms with van der Waals surface area (Å²) in [7, 11) is 0. The highest BCUT2D eigenvalue weighted by Crippen LogP contribution is 2.24. The second-order valence-electron chi connectivity index (χ2n) is 6.53. The monoisotopic (exact) mass is 382 g/mol. The molecule has 0 saturated heterocycles. The molecule has 28 heavy (non-hydrogen) atoms. The van der Waals surface area contributed by atoms with Crippen molar-refractivity contribution in [2.24, 2.45) is 4.99 Å². The van der Waals surface area contributed by atoms with Crippen molar-refractivity contribution in [2.75, 3.05) is 6.54 Å². The summed E-state index contributed by atoms with van der Waals surface area (Å²) in [5.41, 5.74) is 3.55. The number of aliphatic imine (C=N–C) groups is 1. The van der Waals surface area contributed by atoms with Crippen LogP contribution in [-0.2, 0) is 0 Å². The Kier molecular flexibility index (Phi) is 5.95. The molecule has 0 aliphatic carbocycles. The molecule has 1 aromatic heterocycles. The molecule has 3 aromatic carbocycles. The minimum Gasteiger partial charge on any atom is -0.368 e. The predicted molar refractivity (Wildman–Crippen MR) is 120 cm³/mol. The second-order valence-corrected chi connectivity index (χ2v) is 7.48. The number of nitrogens with one attached hydrogen (secondary N) is 1. The molecule has 0 spiro atoms. The molecule has 0 fully saturated rings. The summed E-state index contributed by atoms with van der Waals surface area (Å²) in [6.07, 6.45) is 0. The third-order valence-electron chi connectivity index (χ3n) is 4.63. The van der Waals surface area contributed by atoms with Gasteiger partial charge in [-0.15, -0.1) is 11.3 Å². The molecule has 0 atom stereocenters. The van der Waals surface area contributed by atoms with Gasteiger partial charge < -0.3 is 5.32 Å². The van der Waals surface area contributed by atoms with Crippen molar-refractivity contribution in [1.82, 2.24) is 5.32 Å². The molecule has 1 heterocycles. The number of benzene rings is 3. The van der Waals surface area contributed by atoms with E-state index >= 15 is 0 Å². The Morgan fingerprint density at radius 3 is 1.82 bits per heavy atom. The highest BCUT2D eigenvalue weighted by Gasteiger charge is 2.15. The van der Waals surface area contributed by atoms with Crippen LogP contribution in [0.3, 0.4) is 0 Å². The fourth-order valence-electron chi connectivity index (χ4n) is 3.22. The lowest BCUT2D eigenvalue weighted by Gasteiger charge is -2.20. The normalized spacial score (nSPS) is 11.5. The molecule has 1 N–H and O–H groups in total. The number of hydrogen-bond donors (Lipinski definition) is 1. The molecule has 0 amide bonds. The maximum atomic E-state index is 4.88. The van der Waals surface area contributed by atoms with Gasteiger partial charge in [-0.05, 0) is 34.7 Å². The van der Waals surface area contributed by atoms with Gasteiger partial charge in [0.15, 0.2) is 0 Å². The number of rotatable bonds is 6. The Hall–Kier alpha value is -3.17. The van der Waals surface area contributed by atoms with Crippen LogP contribution in [0.1, 0.15) is 21.9 Å². The molecule has 3 heteroatoms. The minimum absolute atomic E-state index is 0.253. The van der Waals surface area contributed by atoms with Crippen molar-refractivity contribution >= 4 is 22.9 Å². The van der Waals surface area contributed by atoms with Crippen LogP contribution in [0, 0.1) is 0 Å². The molecular weight excluding hydrogens is 360 g/mol.